The number of rotatable bonds is 1. The highest BCUT2D eigenvalue weighted by Crippen LogP contribution is 2.12. The van der Waals surface area contributed by atoms with Gasteiger partial charge in [0.05, 0.1) is 10.9 Å². The molecular weight excluding hydrogens is 202 g/mol. The van der Waals surface area contributed by atoms with Gasteiger partial charge < -0.3 is 5.73 Å². The second kappa shape index (κ2) is 3.31. The van der Waals surface area contributed by atoms with E-state index in [0.717, 1.165) is 5.56 Å². The van der Waals surface area contributed by atoms with Gasteiger partial charge in [-0.05, 0) is 17.7 Å². The number of aromatic amines is 1. The molecule has 0 aliphatic heterocycles. The Balaban J connectivity index is 2.82. The van der Waals surface area contributed by atoms with Crippen molar-refractivity contribution in [2.45, 2.75) is 5.88 Å². The monoisotopic (exact) mass is 209 g/mol. The fourth-order valence-electron chi connectivity index (χ4n) is 1.29. The molecule has 2 aromatic rings. The summed E-state index contributed by atoms with van der Waals surface area (Å²) in [5.41, 5.74) is 6.63. The van der Waals surface area contributed by atoms with Gasteiger partial charge in [-0.15, -0.1) is 11.6 Å². The third-order valence-corrected chi connectivity index (χ3v) is 2.25. The van der Waals surface area contributed by atoms with Crippen LogP contribution in [0.25, 0.3) is 10.9 Å². The molecule has 1 aromatic carbocycles. The number of nitrogen functional groups attached to an aromatic ring is 1. The summed E-state index contributed by atoms with van der Waals surface area (Å²) in [6.07, 6.45) is 0. The number of nitrogens with two attached hydrogens (primary N) is 1. The molecule has 0 fully saturated rings. The van der Waals surface area contributed by atoms with E-state index in [1.54, 1.807) is 12.1 Å². The molecule has 2 rings (SSSR count). The van der Waals surface area contributed by atoms with Crippen molar-refractivity contribution in [1.82, 2.24) is 9.97 Å². The van der Waals surface area contributed by atoms with Crippen LogP contribution in [-0.4, -0.2) is 9.97 Å². The Labute approximate surface area is 84.7 Å². The molecule has 0 saturated carbocycles. The lowest BCUT2D eigenvalue weighted by Gasteiger charge is -1.99. The average molecular weight is 210 g/mol. The molecule has 0 amide bonds. The van der Waals surface area contributed by atoms with Gasteiger partial charge in [0.1, 0.15) is 0 Å². The van der Waals surface area contributed by atoms with E-state index in [1.807, 2.05) is 6.07 Å². The van der Waals surface area contributed by atoms with Crippen LogP contribution in [-0.2, 0) is 5.88 Å². The highest BCUT2D eigenvalue weighted by Gasteiger charge is 2.02. The molecule has 4 nitrogen and oxygen atoms in total. The van der Waals surface area contributed by atoms with Gasteiger partial charge in [0.2, 0.25) is 5.95 Å². The number of benzene rings is 1. The SMILES string of the molecule is Nc1nc2ccc(CCl)cc2c(=O)[nH]1. The molecule has 1 aromatic heterocycles. The number of alkyl halides is 1. The first-order chi connectivity index (χ1) is 6.70. The molecule has 0 spiro atoms. The van der Waals surface area contributed by atoms with E-state index in [9.17, 15) is 4.79 Å². The minimum absolute atomic E-state index is 0.126. The lowest BCUT2D eigenvalue weighted by atomic mass is 10.2. The molecule has 3 N–H and O–H groups in total. The molecular formula is C9H8ClN3O. The summed E-state index contributed by atoms with van der Waals surface area (Å²) < 4.78 is 0. The van der Waals surface area contributed by atoms with Crippen molar-refractivity contribution in [1.29, 1.82) is 0 Å². The van der Waals surface area contributed by atoms with Crippen LogP contribution in [0.5, 0.6) is 0 Å². The molecule has 1 heterocycles. The predicted octanol–water partition coefficient (Wildman–Crippen LogP) is 1.24. The average Bonchev–Trinajstić information content (AvgIpc) is 2.17. The lowest BCUT2D eigenvalue weighted by molar-refractivity contribution is 1.18. The zero-order valence-electron chi connectivity index (χ0n) is 7.25. The van der Waals surface area contributed by atoms with E-state index in [0.29, 0.717) is 16.8 Å². The topological polar surface area (TPSA) is 71.8 Å². The molecule has 72 valence electrons. The highest BCUT2D eigenvalue weighted by atomic mass is 35.5. The predicted molar refractivity (Wildman–Crippen MR) is 56.3 cm³/mol. The number of halogens is 1. The number of nitrogens with zero attached hydrogens (tertiary/aromatic N) is 1. The summed E-state index contributed by atoms with van der Waals surface area (Å²) >= 11 is 5.65. The summed E-state index contributed by atoms with van der Waals surface area (Å²) in [6.45, 7) is 0. The van der Waals surface area contributed by atoms with Gasteiger partial charge in [0.25, 0.3) is 5.56 Å². The molecule has 0 aliphatic carbocycles. The maximum Gasteiger partial charge on any atom is 0.260 e. The molecule has 0 unspecified atom stereocenters. The second-order valence-corrected chi connectivity index (χ2v) is 3.20. The van der Waals surface area contributed by atoms with Gasteiger partial charge in [-0.2, -0.15) is 0 Å². The van der Waals surface area contributed by atoms with Gasteiger partial charge >= 0.3 is 0 Å². The van der Waals surface area contributed by atoms with E-state index in [4.69, 9.17) is 17.3 Å². The van der Waals surface area contributed by atoms with Crippen LogP contribution in [0.15, 0.2) is 23.0 Å². The van der Waals surface area contributed by atoms with E-state index >= 15 is 0 Å². The van der Waals surface area contributed by atoms with Crippen molar-refractivity contribution >= 4 is 28.5 Å². The number of aromatic nitrogens is 2. The van der Waals surface area contributed by atoms with Gasteiger partial charge in [-0.1, -0.05) is 6.07 Å². The zero-order chi connectivity index (χ0) is 10.1. The Bertz CT molecular complexity index is 535. The number of anilines is 1. The Morgan fingerprint density at radius 3 is 3.00 bits per heavy atom. The van der Waals surface area contributed by atoms with E-state index < -0.39 is 0 Å². The van der Waals surface area contributed by atoms with Crippen LogP contribution in [0.1, 0.15) is 5.56 Å². The Morgan fingerprint density at radius 2 is 2.29 bits per heavy atom. The minimum Gasteiger partial charge on any atom is -0.369 e. The maximum absolute atomic E-state index is 11.4. The van der Waals surface area contributed by atoms with E-state index in [-0.39, 0.29) is 11.5 Å². The summed E-state index contributed by atoms with van der Waals surface area (Å²) in [5.74, 6) is 0.501. The Kier molecular flexibility index (Phi) is 2.13. The summed E-state index contributed by atoms with van der Waals surface area (Å²) in [6, 6.07) is 5.27. The van der Waals surface area contributed by atoms with Crippen molar-refractivity contribution < 1.29 is 0 Å². The summed E-state index contributed by atoms with van der Waals surface area (Å²) in [4.78, 5) is 17.9. The molecule has 0 atom stereocenters. The summed E-state index contributed by atoms with van der Waals surface area (Å²) in [5, 5.41) is 0.511. The second-order valence-electron chi connectivity index (χ2n) is 2.94. The molecule has 0 saturated heterocycles. The molecule has 0 aliphatic rings. The summed E-state index contributed by atoms with van der Waals surface area (Å²) in [7, 11) is 0. The molecule has 14 heavy (non-hydrogen) atoms. The first kappa shape index (κ1) is 9.02. The standard InChI is InChI=1S/C9H8ClN3O/c10-4-5-1-2-7-6(3-5)8(14)13-9(11)12-7/h1-3H,4H2,(H3,11,12,13,14). The van der Waals surface area contributed by atoms with Crippen LogP contribution in [0.3, 0.4) is 0 Å². The van der Waals surface area contributed by atoms with Gasteiger partial charge in [0, 0.05) is 5.88 Å². The molecule has 5 heteroatoms. The fourth-order valence-corrected chi connectivity index (χ4v) is 1.45. The number of H-pyrrole nitrogens is 1. The van der Waals surface area contributed by atoms with Crippen molar-refractivity contribution in [3.63, 3.8) is 0 Å². The van der Waals surface area contributed by atoms with Crippen LogP contribution in [0.2, 0.25) is 0 Å². The van der Waals surface area contributed by atoms with Crippen LogP contribution in [0.4, 0.5) is 5.95 Å². The quantitative estimate of drug-likeness (QED) is 0.695. The number of hydrogen-bond donors (Lipinski definition) is 2. The highest BCUT2D eigenvalue weighted by molar-refractivity contribution is 6.17. The van der Waals surface area contributed by atoms with Crippen LogP contribution >= 0.6 is 11.6 Å². The minimum atomic E-state index is -0.237. The largest absolute Gasteiger partial charge is 0.369 e. The van der Waals surface area contributed by atoms with E-state index in [1.165, 1.54) is 0 Å². The maximum atomic E-state index is 11.4. The zero-order valence-corrected chi connectivity index (χ0v) is 8.01. The first-order valence-electron chi connectivity index (χ1n) is 4.05. The Hall–Kier alpha value is -1.55. The normalized spacial score (nSPS) is 10.6. The fraction of sp³-hybridized carbons (Fsp3) is 0.111. The van der Waals surface area contributed by atoms with Gasteiger partial charge in [-0.3, -0.25) is 9.78 Å². The third-order valence-electron chi connectivity index (χ3n) is 1.94. The number of hydrogen-bond acceptors (Lipinski definition) is 3. The van der Waals surface area contributed by atoms with Gasteiger partial charge in [0.15, 0.2) is 0 Å². The van der Waals surface area contributed by atoms with Crippen molar-refractivity contribution in [2.24, 2.45) is 0 Å². The van der Waals surface area contributed by atoms with Crippen molar-refractivity contribution in [3.05, 3.63) is 34.1 Å². The first-order valence-corrected chi connectivity index (χ1v) is 4.58. The van der Waals surface area contributed by atoms with Crippen LogP contribution < -0.4 is 11.3 Å². The smallest absolute Gasteiger partial charge is 0.260 e. The van der Waals surface area contributed by atoms with E-state index in [2.05, 4.69) is 9.97 Å². The lowest BCUT2D eigenvalue weighted by Crippen LogP contribution is -2.11. The van der Waals surface area contributed by atoms with Crippen molar-refractivity contribution in [2.75, 3.05) is 5.73 Å². The molecule has 0 radical (unpaired) electrons. The van der Waals surface area contributed by atoms with Crippen molar-refractivity contribution in [3.8, 4) is 0 Å². The third kappa shape index (κ3) is 1.44. The number of nitrogens with one attached hydrogen (secondary N) is 1. The van der Waals surface area contributed by atoms with Gasteiger partial charge in [-0.25, -0.2) is 4.98 Å². The number of fused-ring (bicyclic) bond motifs is 1. The molecule has 0 bridgehead atoms. The Morgan fingerprint density at radius 1 is 1.50 bits per heavy atom. The van der Waals surface area contributed by atoms with Crippen LogP contribution in [0, 0.1) is 0 Å².